The van der Waals surface area contributed by atoms with Crippen molar-refractivity contribution in [2.24, 2.45) is 0 Å². The Labute approximate surface area is 148 Å². The second-order valence-corrected chi connectivity index (χ2v) is 5.97. The number of methoxy groups -OCH3 is 1. The quantitative estimate of drug-likeness (QED) is 0.819. The molecule has 0 fully saturated rings. The molecule has 0 aliphatic heterocycles. The van der Waals surface area contributed by atoms with Crippen molar-refractivity contribution in [3.05, 3.63) is 58.7 Å². The molecule has 0 aromatic heterocycles. The highest BCUT2D eigenvalue weighted by Crippen LogP contribution is 2.21. The van der Waals surface area contributed by atoms with Crippen molar-refractivity contribution in [3.63, 3.8) is 0 Å². The molecule has 2 rings (SSSR count). The number of hydrogen-bond acceptors (Lipinski definition) is 4. The van der Waals surface area contributed by atoms with Crippen LogP contribution in [0.1, 0.15) is 22.3 Å². The van der Waals surface area contributed by atoms with Crippen LogP contribution < -0.4 is 10.1 Å². The van der Waals surface area contributed by atoms with E-state index in [0.29, 0.717) is 5.75 Å². The highest BCUT2D eigenvalue weighted by molar-refractivity contribution is 5.94. The Morgan fingerprint density at radius 2 is 1.72 bits per heavy atom. The lowest BCUT2D eigenvalue weighted by molar-refractivity contribution is -0.146. The number of nitrogens with one attached hydrogen (secondary N) is 1. The number of aryl methyl sites for hydroxylation is 3. The van der Waals surface area contributed by atoms with E-state index in [1.165, 1.54) is 0 Å². The van der Waals surface area contributed by atoms with Crippen LogP contribution in [0.25, 0.3) is 0 Å². The van der Waals surface area contributed by atoms with Gasteiger partial charge < -0.3 is 14.8 Å². The van der Waals surface area contributed by atoms with Gasteiger partial charge in [-0.25, -0.2) is 0 Å². The largest absolute Gasteiger partial charge is 0.496 e. The molecule has 1 N–H and O–H groups in total. The lowest BCUT2D eigenvalue weighted by Crippen LogP contribution is -2.22. The molecule has 2 aromatic carbocycles. The van der Waals surface area contributed by atoms with E-state index in [2.05, 4.69) is 5.32 Å². The Morgan fingerprint density at radius 1 is 1.04 bits per heavy atom. The maximum atomic E-state index is 12.0. The average Bonchev–Trinajstić information content (AvgIpc) is 2.57. The summed E-state index contributed by atoms with van der Waals surface area (Å²) in [6.45, 7) is 5.45. The summed E-state index contributed by atoms with van der Waals surface area (Å²) in [5, 5.41) is 2.79. The van der Waals surface area contributed by atoms with Gasteiger partial charge in [0.2, 0.25) is 0 Å². The van der Waals surface area contributed by atoms with Gasteiger partial charge in [-0.3, -0.25) is 9.59 Å². The molecule has 0 heterocycles. The van der Waals surface area contributed by atoms with E-state index in [1.807, 2.05) is 57.2 Å². The second kappa shape index (κ2) is 8.33. The van der Waals surface area contributed by atoms with Crippen molar-refractivity contribution in [2.45, 2.75) is 27.2 Å². The summed E-state index contributed by atoms with van der Waals surface area (Å²) in [7, 11) is 1.55. The molecule has 0 unspecified atom stereocenters. The zero-order valence-electron chi connectivity index (χ0n) is 15.0. The number of para-hydroxylation sites is 1. The van der Waals surface area contributed by atoms with Crippen LogP contribution >= 0.6 is 0 Å². The number of carbonyl (C=O) groups is 2. The number of anilines is 1. The molecule has 0 atom stereocenters. The van der Waals surface area contributed by atoms with Gasteiger partial charge in [-0.1, -0.05) is 35.9 Å². The van der Waals surface area contributed by atoms with Gasteiger partial charge in [0.05, 0.1) is 13.5 Å². The lowest BCUT2D eigenvalue weighted by Gasteiger charge is -2.12. The van der Waals surface area contributed by atoms with E-state index in [1.54, 1.807) is 7.11 Å². The molecule has 0 spiro atoms. The lowest BCUT2D eigenvalue weighted by atomic mass is 10.1. The molecule has 5 nitrogen and oxygen atoms in total. The Morgan fingerprint density at radius 3 is 2.36 bits per heavy atom. The zero-order chi connectivity index (χ0) is 18.4. The molecule has 0 saturated carbocycles. The van der Waals surface area contributed by atoms with Crippen molar-refractivity contribution in [1.82, 2.24) is 0 Å². The number of carbonyl (C=O) groups excluding carboxylic acids is 2. The second-order valence-electron chi connectivity index (χ2n) is 5.97. The van der Waals surface area contributed by atoms with Crippen LogP contribution in [0.3, 0.4) is 0 Å². The molecular formula is C20H23NO4. The van der Waals surface area contributed by atoms with Gasteiger partial charge in [0.15, 0.2) is 6.61 Å². The normalized spacial score (nSPS) is 10.2. The van der Waals surface area contributed by atoms with Crippen LogP contribution in [0.2, 0.25) is 0 Å². The molecular weight excluding hydrogens is 318 g/mol. The van der Waals surface area contributed by atoms with Crippen LogP contribution in [-0.2, 0) is 20.7 Å². The standard InChI is InChI=1S/C20H23NO4/c1-13-8-9-17(24-4)16(10-13)11-19(23)25-12-18(22)21-20-14(2)6-5-7-15(20)3/h5-10H,11-12H2,1-4H3,(H,21,22). The Balaban J connectivity index is 1.92. The fourth-order valence-corrected chi connectivity index (χ4v) is 2.59. The molecule has 0 bridgehead atoms. The smallest absolute Gasteiger partial charge is 0.310 e. The van der Waals surface area contributed by atoms with E-state index in [9.17, 15) is 9.59 Å². The first-order chi connectivity index (χ1) is 11.9. The Bertz CT molecular complexity index is 763. The molecule has 0 aliphatic carbocycles. The maximum absolute atomic E-state index is 12.0. The van der Waals surface area contributed by atoms with Crippen LogP contribution in [0, 0.1) is 20.8 Å². The van der Waals surface area contributed by atoms with Crippen molar-refractivity contribution >= 4 is 17.6 Å². The number of esters is 1. The van der Waals surface area contributed by atoms with E-state index >= 15 is 0 Å². The summed E-state index contributed by atoms with van der Waals surface area (Å²) in [5.74, 6) is -0.204. The fraction of sp³-hybridized carbons (Fsp3) is 0.300. The SMILES string of the molecule is COc1ccc(C)cc1CC(=O)OCC(=O)Nc1c(C)cccc1C. The average molecular weight is 341 g/mol. The fourth-order valence-electron chi connectivity index (χ4n) is 2.59. The Kier molecular flexibility index (Phi) is 6.17. The number of hydrogen-bond donors (Lipinski definition) is 1. The molecule has 1 amide bonds. The van der Waals surface area contributed by atoms with Crippen molar-refractivity contribution in [3.8, 4) is 5.75 Å². The summed E-state index contributed by atoms with van der Waals surface area (Å²) >= 11 is 0. The molecule has 5 heteroatoms. The van der Waals surface area contributed by atoms with Gasteiger partial charge in [-0.05, 0) is 38.0 Å². The van der Waals surface area contributed by atoms with Crippen molar-refractivity contribution < 1.29 is 19.1 Å². The molecule has 0 radical (unpaired) electrons. The Hall–Kier alpha value is -2.82. The molecule has 0 saturated heterocycles. The number of benzene rings is 2. The summed E-state index contributed by atoms with van der Waals surface area (Å²) in [6, 6.07) is 11.3. The van der Waals surface area contributed by atoms with Crippen LogP contribution in [-0.4, -0.2) is 25.6 Å². The third kappa shape index (κ3) is 5.08. The highest BCUT2D eigenvalue weighted by Gasteiger charge is 2.13. The monoisotopic (exact) mass is 341 g/mol. The van der Waals surface area contributed by atoms with E-state index in [0.717, 1.165) is 27.9 Å². The van der Waals surface area contributed by atoms with Crippen LogP contribution in [0.15, 0.2) is 36.4 Å². The minimum absolute atomic E-state index is 0.0571. The van der Waals surface area contributed by atoms with Crippen LogP contribution in [0.5, 0.6) is 5.75 Å². The van der Waals surface area contributed by atoms with Crippen molar-refractivity contribution in [1.29, 1.82) is 0 Å². The first-order valence-corrected chi connectivity index (χ1v) is 8.06. The molecule has 2 aromatic rings. The molecule has 0 aliphatic rings. The summed E-state index contributed by atoms with van der Waals surface area (Å²) in [6.07, 6.45) is 0.0571. The summed E-state index contributed by atoms with van der Waals surface area (Å²) in [4.78, 5) is 24.1. The molecule has 25 heavy (non-hydrogen) atoms. The predicted octanol–water partition coefficient (Wildman–Crippen LogP) is 3.34. The predicted molar refractivity (Wildman–Crippen MR) is 96.9 cm³/mol. The van der Waals surface area contributed by atoms with Gasteiger partial charge in [-0.2, -0.15) is 0 Å². The third-order valence-electron chi connectivity index (χ3n) is 3.88. The minimum atomic E-state index is -0.472. The first kappa shape index (κ1) is 18.5. The van der Waals surface area contributed by atoms with Gasteiger partial charge in [0, 0.05) is 11.3 Å². The number of ether oxygens (including phenoxy) is 2. The minimum Gasteiger partial charge on any atom is -0.496 e. The van der Waals surface area contributed by atoms with Gasteiger partial charge in [-0.15, -0.1) is 0 Å². The summed E-state index contributed by atoms with van der Waals surface area (Å²) in [5.41, 5.74) is 4.44. The van der Waals surface area contributed by atoms with Gasteiger partial charge in [0.1, 0.15) is 5.75 Å². The van der Waals surface area contributed by atoms with Crippen molar-refractivity contribution in [2.75, 3.05) is 19.0 Å². The van der Waals surface area contributed by atoms with E-state index in [-0.39, 0.29) is 18.9 Å². The van der Waals surface area contributed by atoms with Gasteiger partial charge >= 0.3 is 5.97 Å². The summed E-state index contributed by atoms with van der Waals surface area (Å²) < 4.78 is 10.3. The highest BCUT2D eigenvalue weighted by atomic mass is 16.5. The van der Waals surface area contributed by atoms with Gasteiger partial charge in [0.25, 0.3) is 5.91 Å². The topological polar surface area (TPSA) is 64.6 Å². The van der Waals surface area contributed by atoms with Crippen LogP contribution in [0.4, 0.5) is 5.69 Å². The van der Waals surface area contributed by atoms with E-state index in [4.69, 9.17) is 9.47 Å². The first-order valence-electron chi connectivity index (χ1n) is 8.06. The maximum Gasteiger partial charge on any atom is 0.310 e. The number of amides is 1. The third-order valence-corrected chi connectivity index (χ3v) is 3.88. The number of rotatable bonds is 6. The molecule has 132 valence electrons. The van der Waals surface area contributed by atoms with E-state index < -0.39 is 5.97 Å². The zero-order valence-corrected chi connectivity index (χ0v) is 15.0.